The lowest BCUT2D eigenvalue weighted by molar-refractivity contribution is -0.146. The van der Waals surface area contributed by atoms with Crippen LogP contribution in [-0.2, 0) is 14.3 Å². The molecular weight excluding hydrogens is 194 g/mol. The number of carbonyl (C=O) groups is 2. The Balaban J connectivity index is 2.17. The minimum Gasteiger partial charge on any atom is -0.456 e. The topological polar surface area (TPSA) is 55.4 Å². The zero-order valence-corrected chi connectivity index (χ0v) is 9.41. The number of nitrogens with one attached hydrogen (secondary N) is 1. The van der Waals surface area contributed by atoms with E-state index in [4.69, 9.17) is 0 Å². The van der Waals surface area contributed by atoms with Crippen LogP contribution in [0.5, 0.6) is 0 Å². The van der Waals surface area contributed by atoms with Gasteiger partial charge in [-0.3, -0.25) is 9.59 Å². The number of carbonyl (C=O) groups excluding carboxylic acids is 2. The number of esters is 1. The zero-order chi connectivity index (χ0) is 11.3. The van der Waals surface area contributed by atoms with Crippen LogP contribution in [0.25, 0.3) is 0 Å². The van der Waals surface area contributed by atoms with Gasteiger partial charge in [-0.1, -0.05) is 6.92 Å². The van der Waals surface area contributed by atoms with Gasteiger partial charge in [-0.05, 0) is 31.6 Å². The van der Waals surface area contributed by atoms with E-state index in [-0.39, 0.29) is 18.6 Å². The minimum absolute atomic E-state index is 0.151. The fraction of sp³-hybridized carbons (Fsp3) is 0.818. The highest BCUT2D eigenvalue weighted by atomic mass is 16.5. The molecule has 1 fully saturated rings. The van der Waals surface area contributed by atoms with Crippen LogP contribution in [0.1, 0.15) is 39.5 Å². The average Bonchev–Trinajstić information content (AvgIpc) is 2.19. The second kappa shape index (κ2) is 5.73. The van der Waals surface area contributed by atoms with E-state index in [0.29, 0.717) is 0 Å². The summed E-state index contributed by atoms with van der Waals surface area (Å²) in [6.07, 6.45) is 4.40. The molecule has 15 heavy (non-hydrogen) atoms. The molecule has 0 aromatic carbocycles. The molecule has 4 heteroatoms. The summed E-state index contributed by atoms with van der Waals surface area (Å²) in [5.74, 6) is 0.166. The molecule has 0 aromatic rings. The molecule has 1 N–H and O–H groups in total. The predicted octanol–water partition coefficient (Wildman–Crippen LogP) is 1.24. The van der Waals surface area contributed by atoms with Crippen molar-refractivity contribution < 1.29 is 14.3 Å². The molecule has 0 atom stereocenters. The molecule has 0 spiro atoms. The molecule has 1 saturated carbocycles. The van der Waals surface area contributed by atoms with E-state index in [2.05, 4.69) is 17.0 Å². The van der Waals surface area contributed by atoms with Crippen LogP contribution in [0.4, 0.5) is 0 Å². The van der Waals surface area contributed by atoms with E-state index in [1.54, 1.807) is 0 Å². The average molecular weight is 213 g/mol. The summed E-state index contributed by atoms with van der Waals surface area (Å²) in [6.45, 7) is 3.38. The Morgan fingerprint density at radius 1 is 1.27 bits per heavy atom. The molecule has 4 nitrogen and oxygen atoms in total. The summed E-state index contributed by atoms with van der Waals surface area (Å²) in [4.78, 5) is 21.8. The number of hydrogen-bond acceptors (Lipinski definition) is 3. The Morgan fingerprint density at radius 3 is 2.40 bits per heavy atom. The van der Waals surface area contributed by atoms with Gasteiger partial charge in [0.2, 0.25) is 0 Å². The van der Waals surface area contributed by atoms with Gasteiger partial charge in [0.05, 0.1) is 0 Å². The molecule has 0 aliphatic heterocycles. The predicted molar refractivity (Wildman–Crippen MR) is 56.2 cm³/mol. The third-order valence-corrected chi connectivity index (χ3v) is 2.79. The van der Waals surface area contributed by atoms with Crippen molar-refractivity contribution in [3.8, 4) is 0 Å². The van der Waals surface area contributed by atoms with Crippen LogP contribution in [0, 0.1) is 5.92 Å². The normalized spacial score (nSPS) is 25.7. The molecule has 1 amide bonds. The lowest BCUT2D eigenvalue weighted by Gasteiger charge is -2.26. The van der Waals surface area contributed by atoms with E-state index in [1.165, 1.54) is 19.8 Å². The van der Waals surface area contributed by atoms with E-state index in [1.807, 2.05) is 0 Å². The standard InChI is InChI=1S/C11H19NO3/c1-8-3-5-10(6-4-8)12-11(14)7-15-9(2)13/h8,10H,3-7H2,1-2H3,(H,12,14). The molecule has 86 valence electrons. The molecular formula is C11H19NO3. The summed E-state index contributed by atoms with van der Waals surface area (Å²) < 4.78 is 4.62. The smallest absolute Gasteiger partial charge is 0.303 e. The molecule has 1 aliphatic rings. The monoisotopic (exact) mass is 213 g/mol. The SMILES string of the molecule is CC(=O)OCC(=O)NC1CCC(C)CC1. The largest absolute Gasteiger partial charge is 0.456 e. The quantitative estimate of drug-likeness (QED) is 0.718. The molecule has 1 rings (SSSR count). The maximum Gasteiger partial charge on any atom is 0.303 e. The van der Waals surface area contributed by atoms with E-state index in [0.717, 1.165) is 18.8 Å². The van der Waals surface area contributed by atoms with Crippen LogP contribution in [0.15, 0.2) is 0 Å². The Hall–Kier alpha value is -1.06. The highest BCUT2D eigenvalue weighted by Gasteiger charge is 2.19. The molecule has 0 aromatic heterocycles. The molecule has 0 bridgehead atoms. The van der Waals surface area contributed by atoms with E-state index < -0.39 is 5.97 Å². The first-order chi connectivity index (χ1) is 7.08. The van der Waals surface area contributed by atoms with E-state index in [9.17, 15) is 9.59 Å². The van der Waals surface area contributed by atoms with Gasteiger partial charge in [0.25, 0.3) is 5.91 Å². The van der Waals surface area contributed by atoms with Gasteiger partial charge in [0.15, 0.2) is 6.61 Å². The summed E-state index contributed by atoms with van der Waals surface area (Å²) in [5, 5.41) is 2.88. The molecule has 0 unspecified atom stereocenters. The minimum atomic E-state index is -0.414. The summed E-state index contributed by atoms with van der Waals surface area (Å²) in [7, 11) is 0. The van der Waals surface area contributed by atoms with E-state index >= 15 is 0 Å². The van der Waals surface area contributed by atoms with Gasteiger partial charge in [0.1, 0.15) is 0 Å². The van der Waals surface area contributed by atoms with Crippen molar-refractivity contribution in [2.24, 2.45) is 5.92 Å². The Labute approximate surface area is 90.4 Å². The maximum absolute atomic E-state index is 11.3. The van der Waals surface area contributed by atoms with Crippen molar-refractivity contribution in [1.82, 2.24) is 5.32 Å². The number of ether oxygens (including phenoxy) is 1. The Morgan fingerprint density at radius 2 is 1.87 bits per heavy atom. The van der Waals surface area contributed by atoms with Crippen molar-refractivity contribution in [2.45, 2.75) is 45.6 Å². The van der Waals surface area contributed by atoms with Crippen molar-refractivity contribution in [3.05, 3.63) is 0 Å². The Bertz CT molecular complexity index is 232. The van der Waals surface area contributed by atoms with Crippen molar-refractivity contribution in [3.63, 3.8) is 0 Å². The Kier molecular flexibility index (Phi) is 4.59. The lowest BCUT2D eigenvalue weighted by Crippen LogP contribution is -2.39. The van der Waals surface area contributed by atoms with Crippen LogP contribution in [-0.4, -0.2) is 24.5 Å². The van der Waals surface area contributed by atoms with Crippen LogP contribution in [0.2, 0.25) is 0 Å². The molecule has 0 saturated heterocycles. The lowest BCUT2D eigenvalue weighted by atomic mass is 9.87. The number of rotatable bonds is 3. The van der Waals surface area contributed by atoms with Gasteiger partial charge in [-0.25, -0.2) is 0 Å². The summed E-state index contributed by atoms with van der Waals surface area (Å²) in [5.41, 5.74) is 0. The van der Waals surface area contributed by atoms with Gasteiger partial charge in [0, 0.05) is 13.0 Å². The van der Waals surface area contributed by atoms with Gasteiger partial charge in [-0.15, -0.1) is 0 Å². The highest BCUT2D eigenvalue weighted by molar-refractivity contribution is 5.80. The van der Waals surface area contributed by atoms with Crippen LogP contribution in [0.3, 0.4) is 0 Å². The molecule has 0 heterocycles. The zero-order valence-electron chi connectivity index (χ0n) is 9.41. The van der Waals surface area contributed by atoms with Crippen LogP contribution < -0.4 is 5.32 Å². The molecule has 0 radical (unpaired) electrons. The first kappa shape index (κ1) is 12.0. The summed E-state index contributed by atoms with van der Waals surface area (Å²) >= 11 is 0. The van der Waals surface area contributed by atoms with Gasteiger partial charge >= 0.3 is 5.97 Å². The first-order valence-corrected chi connectivity index (χ1v) is 5.50. The van der Waals surface area contributed by atoms with Crippen LogP contribution >= 0.6 is 0 Å². The van der Waals surface area contributed by atoms with Crippen molar-refractivity contribution in [1.29, 1.82) is 0 Å². The molecule has 1 aliphatic carbocycles. The fourth-order valence-electron chi connectivity index (χ4n) is 1.84. The third-order valence-electron chi connectivity index (χ3n) is 2.79. The van der Waals surface area contributed by atoms with Gasteiger partial charge < -0.3 is 10.1 Å². The second-order valence-corrected chi connectivity index (χ2v) is 4.30. The first-order valence-electron chi connectivity index (χ1n) is 5.50. The highest BCUT2D eigenvalue weighted by Crippen LogP contribution is 2.23. The number of hydrogen-bond donors (Lipinski definition) is 1. The summed E-state index contributed by atoms with van der Waals surface area (Å²) in [6, 6.07) is 0.268. The maximum atomic E-state index is 11.3. The number of amides is 1. The van der Waals surface area contributed by atoms with Crippen molar-refractivity contribution in [2.75, 3.05) is 6.61 Å². The third kappa shape index (κ3) is 4.81. The van der Waals surface area contributed by atoms with Gasteiger partial charge in [-0.2, -0.15) is 0 Å². The van der Waals surface area contributed by atoms with Crippen molar-refractivity contribution >= 4 is 11.9 Å². The fourth-order valence-corrected chi connectivity index (χ4v) is 1.84. The second-order valence-electron chi connectivity index (χ2n) is 4.30.